The number of rotatable bonds is 2. The molecule has 4 rings (SSSR count). The van der Waals surface area contributed by atoms with Crippen LogP contribution >= 0.6 is 0 Å². The number of nitrogens with zero attached hydrogens (tertiary/aromatic N) is 8. The zero-order chi connectivity index (χ0) is 30.8. The Bertz CT molecular complexity index is 735. The lowest BCUT2D eigenvalue weighted by molar-refractivity contribution is 0.157. The standard InChI is InChI=1S/2C6H13N.2C5H11N3O/c2*1-7-5-3-2-4-6-7;2*1-7-2-4-8(6-9)5-3-7/h2*2-6H2,1H3;2*2-5H2,1H3/i3D2,4D2;;4D2,5D2;. The Labute approximate surface area is 207 Å². The molecule has 0 atom stereocenters. The molecule has 4 fully saturated rings. The number of likely N-dealkylation sites (tertiary alicyclic amines) is 2. The van der Waals surface area contributed by atoms with E-state index in [9.17, 15) is 9.81 Å². The smallest absolute Gasteiger partial charge is 0.0526 e. The van der Waals surface area contributed by atoms with Gasteiger partial charge in [0.15, 0.2) is 0 Å². The van der Waals surface area contributed by atoms with Gasteiger partial charge in [0.2, 0.25) is 0 Å². The van der Waals surface area contributed by atoms with Gasteiger partial charge in [0.05, 0.1) is 42.1 Å². The van der Waals surface area contributed by atoms with Crippen LogP contribution in [-0.4, -0.2) is 136 Å². The van der Waals surface area contributed by atoms with E-state index in [2.05, 4.69) is 27.4 Å². The number of hydrogen-bond donors (Lipinski definition) is 0. The van der Waals surface area contributed by atoms with Gasteiger partial charge in [-0.05, 0) is 80.0 Å². The van der Waals surface area contributed by atoms with Crippen LogP contribution in [-0.2, 0) is 0 Å². The second kappa shape index (κ2) is 18.1. The molecular weight excluding hydrogens is 408 g/mol. The summed E-state index contributed by atoms with van der Waals surface area (Å²) in [5, 5.41) is 7.14. The molecule has 0 amide bonds. The predicted octanol–water partition coefficient (Wildman–Crippen LogP) is 2.03. The molecule has 0 N–H and O–H groups in total. The minimum absolute atomic E-state index is 0.0182. The Morgan fingerprint density at radius 3 is 1.34 bits per heavy atom. The van der Waals surface area contributed by atoms with Gasteiger partial charge in [0, 0.05) is 31.7 Å². The molecule has 10 heteroatoms. The summed E-state index contributed by atoms with van der Waals surface area (Å²) in [6.07, 6.45) is 1.56. The Hall–Kier alpha value is -1.36. The van der Waals surface area contributed by atoms with E-state index in [0.717, 1.165) is 26.2 Å². The van der Waals surface area contributed by atoms with Crippen molar-refractivity contribution < 1.29 is 11.0 Å². The molecule has 4 aliphatic rings. The lowest BCUT2D eigenvalue weighted by atomic mass is 10.1. The molecule has 4 aliphatic heterocycles. The molecule has 0 aromatic carbocycles. The molecule has 0 aromatic rings. The van der Waals surface area contributed by atoms with Gasteiger partial charge in [-0.3, -0.25) is 10.0 Å². The van der Waals surface area contributed by atoms with E-state index >= 15 is 0 Å². The Balaban J connectivity index is 0.000000273. The average Bonchev–Trinajstić information content (AvgIpc) is 2.77. The van der Waals surface area contributed by atoms with Crippen molar-refractivity contribution in [2.75, 3.05) is 107 Å². The second-order valence-corrected chi connectivity index (χ2v) is 8.43. The maximum Gasteiger partial charge on any atom is 0.0526 e. The third-order valence-corrected chi connectivity index (χ3v) is 5.25. The van der Waals surface area contributed by atoms with Crippen LogP contribution in [0.1, 0.15) is 49.4 Å². The number of likely N-dealkylation sites (N-methyl/N-ethyl adjacent to an activating group) is 2. The fourth-order valence-corrected chi connectivity index (χ4v) is 3.11. The first-order valence-corrected chi connectivity index (χ1v) is 11.3. The summed E-state index contributed by atoms with van der Waals surface area (Å²) in [7, 11) is 7.58. The van der Waals surface area contributed by atoms with Crippen LogP contribution in [0.4, 0.5) is 0 Å². The first-order chi connectivity index (χ1) is 18.3. The van der Waals surface area contributed by atoms with Gasteiger partial charge in [-0.25, -0.2) is 0 Å². The van der Waals surface area contributed by atoms with Gasteiger partial charge in [0.1, 0.15) is 0 Å². The average molecular weight is 465 g/mol. The van der Waals surface area contributed by atoms with Crippen LogP contribution < -0.4 is 0 Å². The third-order valence-electron chi connectivity index (χ3n) is 5.25. The van der Waals surface area contributed by atoms with Crippen molar-refractivity contribution in [3.05, 3.63) is 9.81 Å². The minimum Gasteiger partial charge on any atom is -0.306 e. The van der Waals surface area contributed by atoms with Crippen molar-refractivity contribution in [3.63, 3.8) is 0 Å². The van der Waals surface area contributed by atoms with Crippen LogP contribution in [0.25, 0.3) is 0 Å². The molecule has 0 bridgehead atoms. The fourth-order valence-electron chi connectivity index (χ4n) is 3.11. The summed E-state index contributed by atoms with van der Waals surface area (Å²) in [6, 6.07) is 0. The van der Waals surface area contributed by atoms with Crippen molar-refractivity contribution in [1.82, 2.24) is 29.6 Å². The first-order valence-electron chi connectivity index (χ1n) is 15.3. The van der Waals surface area contributed by atoms with Gasteiger partial charge < -0.3 is 19.6 Å². The predicted molar refractivity (Wildman–Crippen MR) is 132 cm³/mol. The van der Waals surface area contributed by atoms with Gasteiger partial charge in [-0.1, -0.05) is 12.8 Å². The molecule has 10 nitrogen and oxygen atoms in total. The summed E-state index contributed by atoms with van der Waals surface area (Å²) >= 11 is 0. The topological polar surface area (TPSA) is 78.3 Å². The van der Waals surface area contributed by atoms with E-state index in [4.69, 9.17) is 11.0 Å². The molecule has 0 aliphatic carbocycles. The molecule has 4 saturated heterocycles. The number of piperidine rings is 2. The molecule has 4 heterocycles. The molecule has 188 valence electrons. The Kier molecular flexibility index (Phi) is 10.2. The van der Waals surface area contributed by atoms with Gasteiger partial charge in [-0.2, -0.15) is 0 Å². The normalized spacial score (nSPS) is 33.5. The van der Waals surface area contributed by atoms with Crippen molar-refractivity contribution in [3.8, 4) is 0 Å². The van der Waals surface area contributed by atoms with E-state index < -0.39 is 25.7 Å². The lowest BCUT2D eigenvalue weighted by Gasteiger charge is -2.27. The second-order valence-electron chi connectivity index (χ2n) is 8.43. The van der Waals surface area contributed by atoms with Crippen LogP contribution in [0.3, 0.4) is 0 Å². The maximum atomic E-state index is 10.3. The van der Waals surface area contributed by atoms with Crippen LogP contribution in [0.2, 0.25) is 0 Å². The summed E-state index contributed by atoms with van der Waals surface area (Å²) in [6.45, 7) is 2.63. The number of piperazine rings is 2. The molecule has 0 radical (unpaired) electrons. The first kappa shape index (κ1) is 18.0. The molecule has 0 unspecified atom stereocenters. The zero-order valence-electron chi connectivity index (χ0n) is 28.3. The highest BCUT2D eigenvalue weighted by Gasteiger charge is 2.12. The molecule has 0 spiro atoms. The van der Waals surface area contributed by atoms with Gasteiger partial charge in [-0.15, -0.1) is 9.81 Å². The fraction of sp³-hybridized carbons (Fsp3) is 1.00. The molecule has 0 aromatic heterocycles. The van der Waals surface area contributed by atoms with E-state index in [1.807, 2.05) is 7.05 Å². The summed E-state index contributed by atoms with van der Waals surface area (Å²) in [5.41, 5.74) is 0. The summed E-state index contributed by atoms with van der Waals surface area (Å²) in [5.74, 6) is 0. The summed E-state index contributed by atoms with van der Waals surface area (Å²) in [4.78, 5) is 28.0. The van der Waals surface area contributed by atoms with Crippen molar-refractivity contribution in [2.24, 2.45) is 10.6 Å². The summed E-state index contributed by atoms with van der Waals surface area (Å²) < 4.78 is 59.1. The van der Waals surface area contributed by atoms with Crippen LogP contribution in [0, 0.1) is 9.81 Å². The van der Waals surface area contributed by atoms with E-state index in [0.29, 0.717) is 18.1 Å². The van der Waals surface area contributed by atoms with E-state index in [1.165, 1.54) is 37.3 Å². The molecular formula is C22H48N8O2. The molecule has 32 heavy (non-hydrogen) atoms. The zero-order valence-corrected chi connectivity index (χ0v) is 20.3. The van der Waals surface area contributed by atoms with Gasteiger partial charge in [0.25, 0.3) is 0 Å². The largest absolute Gasteiger partial charge is 0.306 e. The highest BCUT2D eigenvalue weighted by Crippen LogP contribution is 2.05. The van der Waals surface area contributed by atoms with Crippen molar-refractivity contribution >= 4 is 0 Å². The van der Waals surface area contributed by atoms with Crippen LogP contribution in [0.5, 0.6) is 0 Å². The van der Waals surface area contributed by atoms with Gasteiger partial charge >= 0.3 is 0 Å². The Morgan fingerprint density at radius 2 is 0.938 bits per heavy atom. The quantitative estimate of drug-likeness (QED) is 0.575. The van der Waals surface area contributed by atoms with Crippen LogP contribution in [0.15, 0.2) is 10.6 Å². The van der Waals surface area contributed by atoms with E-state index in [1.54, 1.807) is 24.0 Å². The van der Waals surface area contributed by atoms with Crippen molar-refractivity contribution in [2.45, 2.75) is 38.4 Å². The number of nitroso groups, excluding NO2 is 2. The Morgan fingerprint density at radius 1 is 0.500 bits per heavy atom. The van der Waals surface area contributed by atoms with Crippen molar-refractivity contribution in [1.29, 1.82) is 0 Å². The lowest BCUT2D eigenvalue weighted by Crippen LogP contribution is -2.41. The molecule has 0 saturated carbocycles. The SMILES string of the molecule is CN1CCCCC1.CN1CCN(N=O)CC1.[2H]C1([2H])CN(C)CC([2H])([2H])C1.[2H]C1([2H])CN(C)CC([2H])([2H])N1N=O. The monoisotopic (exact) mass is 464 g/mol. The van der Waals surface area contributed by atoms with E-state index in [-0.39, 0.29) is 19.5 Å². The highest BCUT2D eigenvalue weighted by atomic mass is 16.3. The third kappa shape index (κ3) is 14.7. The minimum atomic E-state index is -2.04. The maximum absolute atomic E-state index is 10.3. The number of hydrogen-bond acceptors (Lipinski definition) is 8. The highest BCUT2D eigenvalue weighted by molar-refractivity contribution is 4.65.